The minimum Gasteiger partial charge on any atom is -0.493 e. The molecule has 4 aromatic rings. The molecular weight excluding hydrogens is 643 g/mol. The number of carbonyl (C=O) groups is 2. The molecule has 3 aromatic carbocycles. The Morgan fingerprint density at radius 2 is 1.67 bits per heavy atom. The van der Waals surface area contributed by atoms with Crippen LogP contribution >= 0.6 is 0 Å². The van der Waals surface area contributed by atoms with E-state index < -0.39 is 17.6 Å². The van der Waals surface area contributed by atoms with Crippen LogP contribution in [0.3, 0.4) is 0 Å². The number of alkyl halides is 3. The molecular formula is C35H34F3N5O6. The summed E-state index contributed by atoms with van der Waals surface area (Å²) in [4.78, 5) is 35.9. The number of piperazine rings is 1. The van der Waals surface area contributed by atoms with Crippen molar-refractivity contribution < 1.29 is 41.7 Å². The van der Waals surface area contributed by atoms with E-state index in [1.54, 1.807) is 18.2 Å². The van der Waals surface area contributed by atoms with Crippen LogP contribution in [-0.4, -0.2) is 80.3 Å². The average Bonchev–Trinajstić information content (AvgIpc) is 3.57. The third-order valence-electron chi connectivity index (χ3n) is 8.21. The molecule has 11 nitrogen and oxygen atoms in total. The zero-order valence-corrected chi connectivity index (χ0v) is 26.8. The number of nitrogens with one attached hydrogen (secondary N) is 1. The standard InChI is InChI=1S/C35H34F3N5O6/c1-41(21-33(44)43-15-13-42(14-16-43)20-23-3-10-28-31(17-23)48-22-47-28)27-9-11-29(30(18-27)46-2)49-32-12-8-26(19-39-32)40-34(45)24-4-6-25(7-5-24)35(36,37)38/h3-12,17-19H,13-16,20-22H2,1-2H3,(H,40,45). The summed E-state index contributed by atoms with van der Waals surface area (Å²) in [7, 11) is 3.34. The van der Waals surface area contributed by atoms with Gasteiger partial charge in [-0.2, -0.15) is 13.2 Å². The predicted molar refractivity (Wildman–Crippen MR) is 174 cm³/mol. The lowest BCUT2D eigenvalue weighted by molar-refractivity contribution is -0.137. The van der Waals surface area contributed by atoms with Crippen molar-refractivity contribution in [3.63, 3.8) is 0 Å². The molecule has 0 saturated carbocycles. The number of methoxy groups -OCH3 is 1. The maximum absolute atomic E-state index is 13.2. The van der Waals surface area contributed by atoms with Crippen LogP contribution in [0.1, 0.15) is 21.5 Å². The number of anilines is 2. The van der Waals surface area contributed by atoms with E-state index in [1.165, 1.54) is 19.4 Å². The molecule has 1 fully saturated rings. The first kappa shape index (κ1) is 33.4. The van der Waals surface area contributed by atoms with E-state index in [0.29, 0.717) is 30.3 Å². The van der Waals surface area contributed by atoms with Gasteiger partial charge in [0.1, 0.15) is 0 Å². The van der Waals surface area contributed by atoms with Crippen molar-refractivity contribution in [1.82, 2.24) is 14.8 Å². The molecule has 1 saturated heterocycles. The predicted octanol–water partition coefficient (Wildman–Crippen LogP) is 5.66. The SMILES string of the molecule is COc1cc(N(C)CC(=O)N2CCN(Cc3ccc4c(c3)OCO4)CC2)ccc1Oc1ccc(NC(=O)c2ccc(C(F)(F)F)cc2)cn1. The van der Waals surface area contributed by atoms with Crippen molar-refractivity contribution in [2.75, 3.05) is 63.9 Å². The fraction of sp³-hybridized carbons (Fsp3) is 0.286. The lowest BCUT2D eigenvalue weighted by Crippen LogP contribution is -2.50. The molecule has 6 rings (SSSR count). The van der Waals surface area contributed by atoms with Crippen LogP contribution in [0.15, 0.2) is 79.0 Å². The Labute approximate surface area is 280 Å². The van der Waals surface area contributed by atoms with E-state index in [1.807, 2.05) is 41.1 Å². The molecule has 0 bridgehead atoms. The molecule has 3 heterocycles. The molecule has 1 aromatic heterocycles. The number of halogens is 3. The highest BCUT2D eigenvalue weighted by atomic mass is 19.4. The minimum atomic E-state index is -4.48. The highest BCUT2D eigenvalue weighted by Crippen LogP contribution is 2.35. The van der Waals surface area contributed by atoms with Gasteiger partial charge in [0, 0.05) is 63.2 Å². The number of pyridine rings is 1. The molecule has 2 aliphatic heterocycles. The van der Waals surface area contributed by atoms with Gasteiger partial charge in [-0.3, -0.25) is 14.5 Å². The van der Waals surface area contributed by atoms with Crippen LogP contribution in [0.4, 0.5) is 24.5 Å². The number of carbonyl (C=O) groups excluding carboxylic acids is 2. The number of benzene rings is 3. The smallest absolute Gasteiger partial charge is 0.416 e. The van der Waals surface area contributed by atoms with E-state index >= 15 is 0 Å². The second kappa shape index (κ2) is 14.3. The highest BCUT2D eigenvalue weighted by Gasteiger charge is 2.30. The number of amides is 2. The molecule has 2 amide bonds. The zero-order chi connectivity index (χ0) is 34.5. The van der Waals surface area contributed by atoms with Gasteiger partial charge in [0.2, 0.25) is 18.6 Å². The maximum atomic E-state index is 13.2. The summed E-state index contributed by atoms with van der Waals surface area (Å²) in [6, 6.07) is 18.3. The van der Waals surface area contributed by atoms with Crippen molar-refractivity contribution in [2.24, 2.45) is 0 Å². The van der Waals surface area contributed by atoms with Gasteiger partial charge in [0.15, 0.2) is 23.0 Å². The quantitative estimate of drug-likeness (QED) is 0.228. The molecule has 256 valence electrons. The van der Waals surface area contributed by atoms with E-state index in [2.05, 4.69) is 15.2 Å². The lowest BCUT2D eigenvalue weighted by Gasteiger charge is -2.35. The fourth-order valence-electron chi connectivity index (χ4n) is 5.47. The van der Waals surface area contributed by atoms with Gasteiger partial charge >= 0.3 is 6.18 Å². The topological polar surface area (TPSA) is 106 Å². The second-order valence-electron chi connectivity index (χ2n) is 11.6. The molecule has 49 heavy (non-hydrogen) atoms. The molecule has 1 N–H and O–H groups in total. The Balaban J connectivity index is 0.989. The normalized spacial score (nSPS) is 14.3. The molecule has 0 spiro atoms. The number of likely N-dealkylation sites (N-methyl/N-ethyl adjacent to an activating group) is 1. The molecule has 0 radical (unpaired) electrons. The first-order valence-electron chi connectivity index (χ1n) is 15.5. The zero-order valence-electron chi connectivity index (χ0n) is 26.8. The van der Waals surface area contributed by atoms with Gasteiger partial charge in [0.25, 0.3) is 5.91 Å². The summed E-state index contributed by atoms with van der Waals surface area (Å²) in [5, 5.41) is 2.60. The molecule has 0 atom stereocenters. The Bertz CT molecular complexity index is 1800. The highest BCUT2D eigenvalue weighted by molar-refractivity contribution is 6.04. The van der Waals surface area contributed by atoms with Gasteiger partial charge < -0.3 is 34.1 Å². The number of rotatable bonds is 10. The summed E-state index contributed by atoms with van der Waals surface area (Å²) in [6.07, 6.45) is -3.12. The Morgan fingerprint density at radius 3 is 2.37 bits per heavy atom. The van der Waals surface area contributed by atoms with Crippen molar-refractivity contribution in [1.29, 1.82) is 0 Å². The van der Waals surface area contributed by atoms with E-state index in [4.69, 9.17) is 18.9 Å². The van der Waals surface area contributed by atoms with Crippen molar-refractivity contribution in [3.05, 3.63) is 95.7 Å². The monoisotopic (exact) mass is 677 g/mol. The fourth-order valence-corrected chi connectivity index (χ4v) is 5.47. The summed E-state index contributed by atoms with van der Waals surface area (Å²) in [5.41, 5.74) is 1.46. The van der Waals surface area contributed by atoms with E-state index in [0.717, 1.165) is 66.6 Å². The molecule has 2 aliphatic rings. The molecule has 0 unspecified atom stereocenters. The maximum Gasteiger partial charge on any atom is 0.416 e. The van der Waals surface area contributed by atoms with Gasteiger partial charge in [-0.15, -0.1) is 0 Å². The first-order chi connectivity index (χ1) is 23.6. The third kappa shape index (κ3) is 8.15. The number of ether oxygens (including phenoxy) is 4. The Hall–Kier alpha value is -5.50. The summed E-state index contributed by atoms with van der Waals surface area (Å²) in [6.45, 7) is 4.02. The van der Waals surface area contributed by atoms with Gasteiger partial charge in [-0.1, -0.05) is 6.07 Å². The van der Waals surface area contributed by atoms with Crippen LogP contribution < -0.4 is 29.2 Å². The summed E-state index contributed by atoms with van der Waals surface area (Å²) >= 11 is 0. The number of aromatic nitrogens is 1. The number of nitrogens with zero attached hydrogens (tertiary/aromatic N) is 4. The van der Waals surface area contributed by atoms with Crippen LogP contribution in [0.2, 0.25) is 0 Å². The third-order valence-corrected chi connectivity index (χ3v) is 8.21. The largest absolute Gasteiger partial charge is 0.493 e. The van der Waals surface area contributed by atoms with Gasteiger partial charge in [0.05, 0.1) is 31.1 Å². The first-order valence-corrected chi connectivity index (χ1v) is 15.5. The van der Waals surface area contributed by atoms with E-state index in [9.17, 15) is 22.8 Å². The van der Waals surface area contributed by atoms with Crippen LogP contribution in [-0.2, 0) is 17.5 Å². The van der Waals surface area contributed by atoms with Crippen molar-refractivity contribution >= 4 is 23.2 Å². The molecule has 14 heteroatoms. The van der Waals surface area contributed by atoms with E-state index in [-0.39, 0.29) is 30.7 Å². The van der Waals surface area contributed by atoms with Crippen LogP contribution in [0.5, 0.6) is 28.9 Å². The van der Waals surface area contributed by atoms with Crippen LogP contribution in [0.25, 0.3) is 0 Å². The Kier molecular flexibility index (Phi) is 9.76. The van der Waals surface area contributed by atoms with Gasteiger partial charge in [-0.05, 0) is 60.2 Å². The van der Waals surface area contributed by atoms with Gasteiger partial charge in [-0.25, -0.2) is 4.98 Å². The second-order valence-corrected chi connectivity index (χ2v) is 11.6. The lowest BCUT2D eigenvalue weighted by atomic mass is 10.1. The molecule has 0 aliphatic carbocycles. The van der Waals surface area contributed by atoms with Crippen LogP contribution in [0, 0.1) is 0 Å². The summed E-state index contributed by atoms with van der Waals surface area (Å²) in [5.74, 6) is 2.01. The number of hydrogen-bond donors (Lipinski definition) is 1. The Morgan fingerprint density at radius 1 is 0.918 bits per heavy atom. The van der Waals surface area contributed by atoms with Crippen molar-refractivity contribution in [3.8, 4) is 28.9 Å². The van der Waals surface area contributed by atoms with Crippen molar-refractivity contribution in [2.45, 2.75) is 12.7 Å². The number of hydrogen-bond acceptors (Lipinski definition) is 9. The average molecular weight is 678 g/mol. The summed E-state index contributed by atoms with van der Waals surface area (Å²) < 4.78 is 60.7. The minimum absolute atomic E-state index is 0.0271. The number of fused-ring (bicyclic) bond motifs is 1.